The van der Waals surface area contributed by atoms with E-state index in [9.17, 15) is 4.79 Å². The highest BCUT2D eigenvalue weighted by molar-refractivity contribution is 5.85. The van der Waals surface area contributed by atoms with Crippen molar-refractivity contribution in [2.24, 2.45) is 12.8 Å². The Kier molecular flexibility index (Phi) is 3.45. The minimum Gasteiger partial charge on any atom is -0.394 e. The Balaban J connectivity index is 2.35. The summed E-state index contributed by atoms with van der Waals surface area (Å²) in [4.78, 5) is 13.4. The fourth-order valence-electron chi connectivity index (χ4n) is 2.66. The maximum absolute atomic E-state index is 11.5. The first kappa shape index (κ1) is 12.7. The van der Waals surface area contributed by atoms with E-state index in [0.29, 0.717) is 5.69 Å². The number of aromatic nitrogens is 2. The van der Waals surface area contributed by atoms with E-state index < -0.39 is 0 Å². The van der Waals surface area contributed by atoms with E-state index in [4.69, 9.17) is 11.5 Å². The van der Waals surface area contributed by atoms with E-state index in [2.05, 4.69) is 12.0 Å². The second kappa shape index (κ2) is 4.88. The fourth-order valence-corrected chi connectivity index (χ4v) is 2.66. The van der Waals surface area contributed by atoms with Crippen LogP contribution in [-0.4, -0.2) is 28.3 Å². The summed E-state index contributed by atoms with van der Waals surface area (Å²) < 4.78 is 1.77. The number of nitrogens with zero attached hydrogens (tertiary/aromatic N) is 3. The first-order valence-electron chi connectivity index (χ1n) is 6.43. The van der Waals surface area contributed by atoms with Gasteiger partial charge in [-0.2, -0.15) is 5.10 Å². The molecule has 1 amide bonds. The normalized spacial score (nSPS) is 19.4. The maximum Gasteiger partial charge on any atom is 0.240 e. The summed E-state index contributed by atoms with van der Waals surface area (Å²) in [6.07, 6.45) is 3.61. The molecular formula is C12H21N5O. The number of rotatable bonds is 4. The summed E-state index contributed by atoms with van der Waals surface area (Å²) in [5, 5.41) is 4.44. The Morgan fingerprint density at radius 2 is 2.28 bits per heavy atom. The van der Waals surface area contributed by atoms with Crippen molar-refractivity contribution < 1.29 is 4.79 Å². The molecule has 0 spiro atoms. The number of anilines is 2. The molecule has 0 radical (unpaired) electrons. The lowest BCUT2D eigenvalue weighted by Gasteiger charge is -2.24. The highest BCUT2D eigenvalue weighted by Crippen LogP contribution is 2.32. The number of nitrogen functional groups attached to an aromatic ring is 1. The summed E-state index contributed by atoms with van der Waals surface area (Å²) in [6, 6.07) is -0.253. The molecule has 0 saturated carbocycles. The van der Waals surface area contributed by atoms with E-state index in [1.54, 1.807) is 4.68 Å². The van der Waals surface area contributed by atoms with Crippen LogP contribution in [0.25, 0.3) is 0 Å². The molecule has 1 aliphatic heterocycles. The Bertz CT molecular complexity index is 454. The van der Waals surface area contributed by atoms with Crippen molar-refractivity contribution in [1.82, 2.24) is 9.78 Å². The third-order valence-corrected chi connectivity index (χ3v) is 3.47. The summed E-state index contributed by atoms with van der Waals surface area (Å²) in [7, 11) is 1.86. The molecule has 1 aliphatic rings. The molecule has 1 aromatic rings. The average Bonchev–Trinajstić information content (AvgIpc) is 2.86. The predicted molar refractivity (Wildman–Crippen MR) is 71.2 cm³/mol. The molecule has 1 saturated heterocycles. The summed E-state index contributed by atoms with van der Waals surface area (Å²) in [5.41, 5.74) is 13.2. The van der Waals surface area contributed by atoms with Crippen molar-refractivity contribution in [3.8, 4) is 0 Å². The Morgan fingerprint density at radius 1 is 1.56 bits per heavy atom. The SMILES string of the molecule is CCCc1nn(C)c(N2CCCC2C(N)=O)c1N. The average molecular weight is 251 g/mol. The number of hydrogen-bond donors (Lipinski definition) is 2. The minimum absolute atomic E-state index is 0.253. The van der Waals surface area contributed by atoms with Crippen LogP contribution in [0.5, 0.6) is 0 Å². The molecule has 6 nitrogen and oxygen atoms in total. The molecule has 0 aliphatic carbocycles. The second-order valence-electron chi connectivity index (χ2n) is 4.81. The van der Waals surface area contributed by atoms with Crippen LogP contribution in [0, 0.1) is 0 Å². The quantitative estimate of drug-likeness (QED) is 0.811. The van der Waals surface area contributed by atoms with Crippen molar-refractivity contribution in [3.63, 3.8) is 0 Å². The molecule has 4 N–H and O–H groups in total. The van der Waals surface area contributed by atoms with Crippen LogP contribution in [0.4, 0.5) is 11.5 Å². The number of aryl methyl sites for hydroxylation is 2. The third-order valence-electron chi connectivity index (χ3n) is 3.47. The van der Waals surface area contributed by atoms with Crippen molar-refractivity contribution in [3.05, 3.63) is 5.69 Å². The minimum atomic E-state index is -0.287. The monoisotopic (exact) mass is 251 g/mol. The lowest BCUT2D eigenvalue weighted by molar-refractivity contribution is -0.119. The van der Waals surface area contributed by atoms with Crippen LogP contribution in [-0.2, 0) is 18.3 Å². The zero-order valence-electron chi connectivity index (χ0n) is 11.0. The molecule has 100 valence electrons. The van der Waals surface area contributed by atoms with Gasteiger partial charge in [0.1, 0.15) is 6.04 Å². The summed E-state index contributed by atoms with van der Waals surface area (Å²) in [5.74, 6) is 0.546. The molecule has 2 heterocycles. The van der Waals surface area contributed by atoms with Gasteiger partial charge in [0.25, 0.3) is 0 Å². The second-order valence-corrected chi connectivity index (χ2v) is 4.81. The van der Waals surface area contributed by atoms with E-state index in [-0.39, 0.29) is 11.9 Å². The molecule has 1 unspecified atom stereocenters. The molecule has 2 rings (SSSR count). The first-order valence-corrected chi connectivity index (χ1v) is 6.43. The summed E-state index contributed by atoms with van der Waals surface area (Å²) in [6.45, 7) is 2.90. The van der Waals surface area contributed by atoms with Gasteiger partial charge in [0.05, 0.1) is 11.4 Å². The number of carbonyl (C=O) groups is 1. The topological polar surface area (TPSA) is 90.2 Å². The third kappa shape index (κ3) is 2.02. The van der Waals surface area contributed by atoms with E-state index in [0.717, 1.165) is 43.7 Å². The zero-order chi connectivity index (χ0) is 13.3. The standard InChI is InChI=1S/C12H21N5O/c1-3-5-8-10(13)12(16(2)15-8)17-7-4-6-9(17)11(14)18/h9H,3-7,13H2,1-2H3,(H2,14,18). The predicted octanol–water partition coefficient (Wildman–Crippen LogP) is 0.409. The molecule has 1 aromatic heterocycles. The molecule has 1 atom stereocenters. The van der Waals surface area contributed by atoms with Crippen molar-refractivity contribution in [1.29, 1.82) is 0 Å². The van der Waals surface area contributed by atoms with Crippen molar-refractivity contribution in [2.45, 2.75) is 38.6 Å². The molecular weight excluding hydrogens is 230 g/mol. The first-order chi connectivity index (χ1) is 8.56. The highest BCUT2D eigenvalue weighted by Gasteiger charge is 2.32. The van der Waals surface area contributed by atoms with E-state index in [1.807, 2.05) is 11.9 Å². The largest absolute Gasteiger partial charge is 0.394 e. The van der Waals surface area contributed by atoms with Gasteiger partial charge in [-0.05, 0) is 19.3 Å². The Morgan fingerprint density at radius 3 is 2.89 bits per heavy atom. The van der Waals surface area contributed by atoms with Crippen LogP contribution in [0.2, 0.25) is 0 Å². The fraction of sp³-hybridized carbons (Fsp3) is 0.667. The summed E-state index contributed by atoms with van der Waals surface area (Å²) >= 11 is 0. The molecule has 1 fully saturated rings. The smallest absolute Gasteiger partial charge is 0.240 e. The molecule has 6 heteroatoms. The highest BCUT2D eigenvalue weighted by atomic mass is 16.1. The van der Waals surface area contributed by atoms with E-state index >= 15 is 0 Å². The van der Waals surface area contributed by atoms with Crippen molar-refractivity contribution in [2.75, 3.05) is 17.2 Å². The van der Waals surface area contributed by atoms with Gasteiger partial charge in [0.2, 0.25) is 5.91 Å². The van der Waals surface area contributed by atoms with Gasteiger partial charge < -0.3 is 16.4 Å². The van der Waals surface area contributed by atoms with Crippen molar-refractivity contribution >= 4 is 17.4 Å². The van der Waals surface area contributed by atoms with Crippen LogP contribution < -0.4 is 16.4 Å². The molecule has 0 aromatic carbocycles. The van der Waals surface area contributed by atoms with Gasteiger partial charge in [-0.3, -0.25) is 9.48 Å². The Labute approximate surface area is 107 Å². The van der Waals surface area contributed by atoms with Gasteiger partial charge >= 0.3 is 0 Å². The molecule has 18 heavy (non-hydrogen) atoms. The van der Waals surface area contributed by atoms with Gasteiger partial charge in [0.15, 0.2) is 5.82 Å². The lowest BCUT2D eigenvalue weighted by Crippen LogP contribution is -2.41. The number of primary amides is 1. The zero-order valence-corrected chi connectivity index (χ0v) is 11.0. The van der Waals surface area contributed by atoms with Gasteiger partial charge in [0, 0.05) is 13.6 Å². The lowest BCUT2D eigenvalue weighted by atomic mass is 10.2. The molecule has 0 bridgehead atoms. The van der Waals surface area contributed by atoms with Crippen LogP contribution in [0.1, 0.15) is 31.9 Å². The number of carbonyl (C=O) groups excluding carboxylic acids is 1. The van der Waals surface area contributed by atoms with Crippen LogP contribution in [0.15, 0.2) is 0 Å². The van der Waals surface area contributed by atoms with E-state index in [1.165, 1.54) is 0 Å². The number of hydrogen-bond acceptors (Lipinski definition) is 4. The van der Waals surface area contributed by atoms with Gasteiger partial charge in [-0.25, -0.2) is 0 Å². The maximum atomic E-state index is 11.5. The van der Waals surface area contributed by atoms with Gasteiger partial charge in [-0.1, -0.05) is 13.3 Å². The van der Waals surface area contributed by atoms with Crippen LogP contribution >= 0.6 is 0 Å². The van der Waals surface area contributed by atoms with Gasteiger partial charge in [-0.15, -0.1) is 0 Å². The van der Waals surface area contributed by atoms with Crippen LogP contribution in [0.3, 0.4) is 0 Å². The number of nitrogens with two attached hydrogens (primary N) is 2. The Hall–Kier alpha value is -1.72. The number of amides is 1.